The predicted octanol–water partition coefficient (Wildman–Crippen LogP) is 7.26. The molecule has 204 valence electrons. The first-order valence-electron chi connectivity index (χ1n) is 13.2. The Morgan fingerprint density at radius 3 is 2.62 bits per heavy atom. The molecule has 0 N–H and O–H groups in total. The minimum atomic E-state index is -0.462. The first-order valence-corrected chi connectivity index (χ1v) is 14.4. The molecule has 1 amide bonds. The van der Waals surface area contributed by atoms with E-state index in [0.717, 1.165) is 31.4 Å². The van der Waals surface area contributed by atoms with E-state index in [1.54, 1.807) is 34.7 Å². The fraction of sp³-hybridized carbons (Fsp3) is 0.345. The lowest BCUT2D eigenvalue weighted by Gasteiger charge is -2.21. The van der Waals surface area contributed by atoms with Crippen LogP contribution in [0.5, 0.6) is 5.75 Å². The van der Waals surface area contributed by atoms with Crippen LogP contribution in [0.15, 0.2) is 59.6 Å². The molecular formula is C29H32N4O4S2. The quantitative estimate of drug-likeness (QED) is 0.0989. The van der Waals surface area contributed by atoms with E-state index in [4.69, 9.17) is 22.1 Å². The summed E-state index contributed by atoms with van der Waals surface area (Å²) < 4.78 is 7.72. The molecule has 1 aliphatic heterocycles. The number of thiocarbonyl (C=S) groups is 1. The van der Waals surface area contributed by atoms with Crippen molar-refractivity contribution in [2.45, 2.75) is 46.5 Å². The van der Waals surface area contributed by atoms with Gasteiger partial charge in [-0.2, -0.15) is 5.10 Å². The van der Waals surface area contributed by atoms with Gasteiger partial charge in [0.2, 0.25) is 0 Å². The Hall–Kier alpha value is -3.50. The van der Waals surface area contributed by atoms with E-state index in [-0.39, 0.29) is 17.3 Å². The van der Waals surface area contributed by atoms with Gasteiger partial charge in [0, 0.05) is 29.9 Å². The van der Waals surface area contributed by atoms with Crippen LogP contribution in [-0.2, 0) is 4.79 Å². The van der Waals surface area contributed by atoms with Crippen molar-refractivity contribution >= 4 is 46.0 Å². The zero-order chi connectivity index (χ0) is 27.9. The molecule has 0 radical (unpaired) electrons. The molecule has 8 nitrogen and oxygen atoms in total. The number of amides is 1. The van der Waals surface area contributed by atoms with Crippen molar-refractivity contribution in [3.8, 4) is 22.7 Å². The lowest BCUT2D eigenvalue weighted by atomic mass is 9.99. The standard InChI is InChI=1S/C29H32N4O4S2/c1-4-7-11-20(5-2)18-31-28(34)26(39-29(31)38)17-22-19-32(23-12-9-8-10-13-23)30-27(22)21-14-15-25(37-6-3)24(16-21)33(35)36/h8-10,12-17,19-20H,4-7,11,18H2,1-3H3/b26-17+/t20-/m0/s1. The number of carbonyl (C=O) groups excluding carboxylic acids is 1. The van der Waals surface area contributed by atoms with E-state index < -0.39 is 4.92 Å². The van der Waals surface area contributed by atoms with Crippen LogP contribution in [0.1, 0.15) is 52.0 Å². The molecule has 2 heterocycles. The fourth-order valence-corrected chi connectivity index (χ4v) is 5.76. The molecule has 4 rings (SSSR count). The molecule has 1 aromatic heterocycles. The fourth-order valence-electron chi connectivity index (χ4n) is 4.49. The number of hydrogen-bond donors (Lipinski definition) is 0. The van der Waals surface area contributed by atoms with Crippen molar-refractivity contribution in [2.24, 2.45) is 5.92 Å². The van der Waals surface area contributed by atoms with Crippen LogP contribution < -0.4 is 4.74 Å². The molecule has 1 atom stereocenters. The highest BCUT2D eigenvalue weighted by Gasteiger charge is 2.33. The lowest BCUT2D eigenvalue weighted by molar-refractivity contribution is -0.385. The molecule has 1 fully saturated rings. The minimum Gasteiger partial charge on any atom is -0.487 e. The molecule has 1 saturated heterocycles. The van der Waals surface area contributed by atoms with E-state index in [0.29, 0.717) is 45.1 Å². The average Bonchev–Trinajstić information content (AvgIpc) is 3.47. The number of thioether (sulfide) groups is 1. The van der Waals surface area contributed by atoms with Crippen molar-refractivity contribution in [1.29, 1.82) is 0 Å². The SMILES string of the molecule is CCCC[C@H](CC)CN1C(=O)/C(=C\c2cn(-c3ccccc3)nc2-c2ccc(OCC)c([N+](=O)[O-])c2)SC1=S. The highest BCUT2D eigenvalue weighted by molar-refractivity contribution is 8.26. The third-order valence-corrected chi connectivity index (χ3v) is 8.01. The maximum Gasteiger partial charge on any atom is 0.311 e. The van der Waals surface area contributed by atoms with Crippen molar-refractivity contribution in [3.05, 3.63) is 75.3 Å². The summed E-state index contributed by atoms with van der Waals surface area (Å²) in [5, 5.41) is 16.6. The number of carbonyl (C=O) groups is 1. The number of aromatic nitrogens is 2. The Labute approximate surface area is 238 Å². The van der Waals surface area contributed by atoms with Crippen LogP contribution in [-0.4, -0.2) is 43.0 Å². The Morgan fingerprint density at radius 1 is 1.18 bits per heavy atom. The Bertz CT molecular complexity index is 1390. The molecule has 10 heteroatoms. The van der Waals surface area contributed by atoms with Crippen molar-refractivity contribution < 1.29 is 14.5 Å². The number of hydrogen-bond acceptors (Lipinski definition) is 7. The van der Waals surface area contributed by atoms with Crippen LogP contribution in [0.2, 0.25) is 0 Å². The monoisotopic (exact) mass is 564 g/mol. The van der Waals surface area contributed by atoms with Crippen LogP contribution in [0.3, 0.4) is 0 Å². The molecule has 1 aliphatic rings. The Balaban J connectivity index is 1.74. The van der Waals surface area contributed by atoms with E-state index in [1.165, 1.54) is 17.8 Å². The highest BCUT2D eigenvalue weighted by Crippen LogP contribution is 2.38. The van der Waals surface area contributed by atoms with Gasteiger partial charge in [0.15, 0.2) is 5.75 Å². The summed E-state index contributed by atoms with van der Waals surface area (Å²) in [6.45, 7) is 7.02. The highest BCUT2D eigenvalue weighted by atomic mass is 32.2. The number of benzene rings is 2. The van der Waals surface area contributed by atoms with Gasteiger partial charge in [0.1, 0.15) is 10.0 Å². The van der Waals surface area contributed by atoms with E-state index in [9.17, 15) is 14.9 Å². The van der Waals surface area contributed by atoms with Gasteiger partial charge in [-0.1, -0.05) is 75.3 Å². The third kappa shape index (κ3) is 6.57. The number of ether oxygens (including phenoxy) is 1. The van der Waals surface area contributed by atoms with Gasteiger partial charge in [-0.05, 0) is 49.6 Å². The molecule has 0 bridgehead atoms. The first-order chi connectivity index (χ1) is 18.9. The predicted molar refractivity (Wildman–Crippen MR) is 160 cm³/mol. The summed E-state index contributed by atoms with van der Waals surface area (Å²) in [6, 6.07) is 14.4. The molecule has 39 heavy (non-hydrogen) atoms. The number of nitro benzene ring substituents is 1. The van der Waals surface area contributed by atoms with Crippen LogP contribution >= 0.6 is 24.0 Å². The summed E-state index contributed by atoms with van der Waals surface area (Å²) >= 11 is 6.88. The maximum atomic E-state index is 13.4. The number of para-hydroxylation sites is 1. The molecular weight excluding hydrogens is 532 g/mol. The van der Waals surface area contributed by atoms with Crippen LogP contribution in [0, 0.1) is 16.0 Å². The van der Waals surface area contributed by atoms with Crippen LogP contribution in [0.4, 0.5) is 5.69 Å². The molecule has 2 aromatic carbocycles. The zero-order valence-corrected chi connectivity index (χ0v) is 24.0. The second-order valence-corrected chi connectivity index (χ2v) is 11.0. The van der Waals surface area contributed by atoms with Gasteiger partial charge in [-0.25, -0.2) is 4.68 Å². The molecule has 0 spiro atoms. The molecule has 0 aliphatic carbocycles. The van der Waals surface area contributed by atoms with Gasteiger partial charge < -0.3 is 4.74 Å². The van der Waals surface area contributed by atoms with Crippen LogP contribution in [0.25, 0.3) is 23.0 Å². The number of nitro groups is 1. The number of nitrogens with zero attached hydrogens (tertiary/aromatic N) is 4. The zero-order valence-electron chi connectivity index (χ0n) is 22.3. The van der Waals surface area contributed by atoms with Gasteiger partial charge in [0.05, 0.1) is 22.1 Å². The average molecular weight is 565 g/mol. The summed E-state index contributed by atoms with van der Waals surface area (Å²) in [7, 11) is 0. The van der Waals surface area contributed by atoms with Gasteiger partial charge in [-0.15, -0.1) is 0 Å². The van der Waals surface area contributed by atoms with E-state index in [1.807, 2.05) is 36.5 Å². The van der Waals surface area contributed by atoms with E-state index in [2.05, 4.69) is 13.8 Å². The molecule has 3 aromatic rings. The molecule has 0 saturated carbocycles. The minimum absolute atomic E-state index is 0.115. The van der Waals surface area contributed by atoms with E-state index >= 15 is 0 Å². The first kappa shape index (κ1) is 28.5. The van der Waals surface area contributed by atoms with Gasteiger partial charge >= 0.3 is 5.69 Å². The Morgan fingerprint density at radius 2 is 1.95 bits per heavy atom. The number of unbranched alkanes of at least 4 members (excludes halogenated alkanes) is 1. The second-order valence-electron chi connectivity index (χ2n) is 9.29. The summed E-state index contributed by atoms with van der Waals surface area (Å²) in [6.07, 6.45) is 7.91. The maximum absolute atomic E-state index is 13.4. The van der Waals surface area contributed by atoms with Crippen molar-refractivity contribution in [3.63, 3.8) is 0 Å². The number of rotatable bonds is 12. The second kappa shape index (κ2) is 13.0. The summed E-state index contributed by atoms with van der Waals surface area (Å²) in [5.74, 6) is 0.480. The summed E-state index contributed by atoms with van der Waals surface area (Å²) in [5.41, 5.74) is 2.42. The van der Waals surface area contributed by atoms with Gasteiger partial charge in [-0.3, -0.25) is 19.8 Å². The largest absolute Gasteiger partial charge is 0.487 e. The topological polar surface area (TPSA) is 90.5 Å². The Kier molecular flexibility index (Phi) is 9.53. The smallest absolute Gasteiger partial charge is 0.311 e. The normalized spacial score (nSPS) is 15.3. The van der Waals surface area contributed by atoms with Crippen molar-refractivity contribution in [2.75, 3.05) is 13.2 Å². The molecule has 0 unspecified atom stereocenters. The third-order valence-electron chi connectivity index (χ3n) is 6.64. The van der Waals surface area contributed by atoms with Gasteiger partial charge in [0.25, 0.3) is 5.91 Å². The summed E-state index contributed by atoms with van der Waals surface area (Å²) in [4.78, 5) is 27.0. The lowest BCUT2D eigenvalue weighted by Crippen LogP contribution is -2.33. The van der Waals surface area contributed by atoms with Crippen molar-refractivity contribution in [1.82, 2.24) is 14.7 Å².